The highest BCUT2D eigenvalue weighted by atomic mass is 16.1. The van der Waals surface area contributed by atoms with E-state index in [0.717, 1.165) is 61.3 Å². The van der Waals surface area contributed by atoms with E-state index in [1.807, 2.05) is 0 Å². The van der Waals surface area contributed by atoms with Gasteiger partial charge in [0.15, 0.2) is 5.78 Å². The van der Waals surface area contributed by atoms with E-state index in [-0.39, 0.29) is 5.78 Å². The molecule has 3 nitrogen and oxygen atoms in total. The summed E-state index contributed by atoms with van der Waals surface area (Å²) in [4.78, 5) is 18.1. The van der Waals surface area contributed by atoms with E-state index < -0.39 is 0 Å². The van der Waals surface area contributed by atoms with Gasteiger partial charge in [-0.15, -0.1) is 0 Å². The first kappa shape index (κ1) is 23.8. The van der Waals surface area contributed by atoms with E-state index in [9.17, 15) is 4.79 Å². The van der Waals surface area contributed by atoms with E-state index in [4.69, 9.17) is 0 Å². The summed E-state index contributed by atoms with van der Waals surface area (Å²) in [6.45, 7) is 14.9. The summed E-state index contributed by atoms with van der Waals surface area (Å²) in [7, 11) is 0. The Morgan fingerprint density at radius 2 is 1.16 bits per heavy atom. The van der Waals surface area contributed by atoms with Gasteiger partial charge >= 0.3 is 0 Å². The molecule has 32 heavy (non-hydrogen) atoms. The van der Waals surface area contributed by atoms with Crippen LogP contribution in [0.15, 0.2) is 59.7 Å². The third-order valence-corrected chi connectivity index (χ3v) is 6.40. The average molecular weight is 431 g/mol. The van der Waals surface area contributed by atoms with Crippen molar-refractivity contribution in [3.05, 3.63) is 70.8 Å². The van der Waals surface area contributed by atoms with Crippen molar-refractivity contribution in [2.45, 2.75) is 47.5 Å². The summed E-state index contributed by atoms with van der Waals surface area (Å²) in [6, 6.07) is 17.1. The molecule has 170 valence electrons. The molecule has 3 rings (SSSR count). The molecule has 0 aromatic heterocycles. The number of benzene rings is 2. The summed E-state index contributed by atoms with van der Waals surface area (Å²) in [5.41, 5.74) is 6.48. The van der Waals surface area contributed by atoms with Crippen LogP contribution in [0.5, 0.6) is 0 Å². The van der Waals surface area contributed by atoms with Gasteiger partial charge in [0.05, 0.1) is 0 Å². The Labute approximate surface area is 194 Å². The van der Waals surface area contributed by atoms with Crippen molar-refractivity contribution in [1.82, 2.24) is 0 Å². The van der Waals surface area contributed by atoms with Crippen molar-refractivity contribution in [2.24, 2.45) is 5.92 Å². The van der Waals surface area contributed by atoms with E-state index in [2.05, 4.69) is 105 Å². The molecule has 1 unspecified atom stereocenters. The number of carbonyl (C=O) groups is 1. The number of nitrogens with zero attached hydrogens (tertiary/aromatic N) is 2. The molecule has 0 heterocycles. The van der Waals surface area contributed by atoms with Gasteiger partial charge in [0.1, 0.15) is 0 Å². The quantitative estimate of drug-likeness (QED) is 0.428. The van der Waals surface area contributed by atoms with Crippen molar-refractivity contribution in [2.75, 3.05) is 36.0 Å². The minimum atomic E-state index is 0.199. The highest BCUT2D eigenvalue weighted by molar-refractivity contribution is 6.14. The molecule has 0 aliphatic heterocycles. The van der Waals surface area contributed by atoms with Crippen LogP contribution in [0.1, 0.15) is 58.6 Å². The minimum absolute atomic E-state index is 0.199. The molecule has 3 heteroatoms. The topological polar surface area (TPSA) is 23.6 Å². The van der Waals surface area contributed by atoms with Gasteiger partial charge in [-0.1, -0.05) is 31.2 Å². The fourth-order valence-electron chi connectivity index (χ4n) is 4.67. The van der Waals surface area contributed by atoms with Crippen LogP contribution in [0, 0.1) is 5.92 Å². The molecule has 0 bridgehead atoms. The van der Waals surface area contributed by atoms with Crippen molar-refractivity contribution >= 4 is 29.3 Å². The maximum atomic E-state index is 13.4. The van der Waals surface area contributed by atoms with E-state index in [1.54, 1.807) is 0 Å². The molecule has 0 saturated heterocycles. The van der Waals surface area contributed by atoms with Crippen LogP contribution in [0.25, 0.3) is 12.2 Å². The maximum absolute atomic E-state index is 13.4. The third-order valence-electron chi connectivity index (χ3n) is 6.40. The van der Waals surface area contributed by atoms with Gasteiger partial charge in [-0.25, -0.2) is 0 Å². The first-order valence-electron chi connectivity index (χ1n) is 12.1. The standard InChI is InChI=1S/C29H38N2O/c1-6-30(7-2)27-14-10-12-23(20-27)18-25-16-22(5)17-26(29(25)32)19-24-13-11-15-28(21-24)31(8-3)9-4/h10-15,18-22H,6-9,16-17H2,1-5H3/b25-18-,26-19+. The molecule has 1 fully saturated rings. The average Bonchev–Trinajstić information content (AvgIpc) is 2.79. The lowest BCUT2D eigenvalue weighted by Crippen LogP contribution is -2.21. The van der Waals surface area contributed by atoms with E-state index >= 15 is 0 Å². The largest absolute Gasteiger partial charge is 0.372 e. The molecule has 0 radical (unpaired) electrons. The Kier molecular flexibility index (Phi) is 8.33. The van der Waals surface area contributed by atoms with E-state index in [1.165, 1.54) is 11.4 Å². The Hall–Kier alpha value is -2.81. The predicted octanol–water partition coefficient (Wildman–Crippen LogP) is 6.85. The molecule has 1 atom stereocenters. The molecule has 0 N–H and O–H groups in total. The second-order valence-electron chi connectivity index (χ2n) is 8.72. The van der Waals surface area contributed by atoms with Gasteiger partial charge in [-0.2, -0.15) is 0 Å². The van der Waals surface area contributed by atoms with Crippen LogP contribution >= 0.6 is 0 Å². The van der Waals surface area contributed by atoms with Crippen molar-refractivity contribution < 1.29 is 4.79 Å². The second kappa shape index (κ2) is 11.2. The number of anilines is 2. The van der Waals surface area contributed by atoms with Crippen LogP contribution in [-0.2, 0) is 4.79 Å². The van der Waals surface area contributed by atoms with Crippen molar-refractivity contribution in [3.63, 3.8) is 0 Å². The van der Waals surface area contributed by atoms with Crippen molar-refractivity contribution in [3.8, 4) is 0 Å². The summed E-state index contributed by atoms with van der Waals surface area (Å²) in [6.07, 6.45) is 5.88. The van der Waals surface area contributed by atoms with Gasteiger partial charge in [0, 0.05) is 48.7 Å². The summed E-state index contributed by atoms with van der Waals surface area (Å²) >= 11 is 0. The highest BCUT2D eigenvalue weighted by Gasteiger charge is 2.25. The zero-order valence-electron chi connectivity index (χ0n) is 20.4. The minimum Gasteiger partial charge on any atom is -0.372 e. The van der Waals surface area contributed by atoms with E-state index in [0.29, 0.717) is 5.92 Å². The maximum Gasteiger partial charge on any atom is 0.185 e. The molecular weight excluding hydrogens is 392 g/mol. The Morgan fingerprint density at radius 1 is 0.750 bits per heavy atom. The van der Waals surface area contributed by atoms with Gasteiger partial charge < -0.3 is 9.80 Å². The lowest BCUT2D eigenvalue weighted by Gasteiger charge is -2.24. The first-order chi connectivity index (χ1) is 15.5. The van der Waals surface area contributed by atoms with Crippen LogP contribution in [0.2, 0.25) is 0 Å². The number of allylic oxidation sites excluding steroid dienone is 2. The number of ketones is 1. The molecule has 0 spiro atoms. The Morgan fingerprint density at radius 3 is 1.53 bits per heavy atom. The molecule has 1 aliphatic rings. The lowest BCUT2D eigenvalue weighted by molar-refractivity contribution is -0.113. The summed E-state index contributed by atoms with van der Waals surface area (Å²) in [5.74, 6) is 0.659. The fourth-order valence-corrected chi connectivity index (χ4v) is 4.67. The number of Topliss-reactive ketones (excluding diaryl/α,β-unsaturated/α-hetero) is 1. The lowest BCUT2D eigenvalue weighted by atomic mass is 9.80. The van der Waals surface area contributed by atoms with Crippen LogP contribution in [0.3, 0.4) is 0 Å². The number of hydrogen-bond donors (Lipinski definition) is 0. The number of hydrogen-bond acceptors (Lipinski definition) is 3. The first-order valence-corrected chi connectivity index (χ1v) is 12.1. The zero-order valence-corrected chi connectivity index (χ0v) is 20.4. The molecule has 0 amide bonds. The van der Waals surface area contributed by atoms with Gasteiger partial charge in [-0.3, -0.25) is 4.79 Å². The van der Waals surface area contributed by atoms with Gasteiger partial charge in [0.25, 0.3) is 0 Å². The number of rotatable bonds is 8. The smallest absolute Gasteiger partial charge is 0.185 e. The Balaban J connectivity index is 1.90. The zero-order chi connectivity index (χ0) is 23.1. The fraction of sp³-hybridized carbons (Fsp3) is 0.414. The summed E-state index contributed by atoms with van der Waals surface area (Å²) < 4.78 is 0. The van der Waals surface area contributed by atoms with Crippen molar-refractivity contribution in [1.29, 1.82) is 0 Å². The molecule has 1 aliphatic carbocycles. The monoisotopic (exact) mass is 430 g/mol. The van der Waals surface area contributed by atoms with Gasteiger partial charge in [0.2, 0.25) is 0 Å². The molecule has 2 aromatic rings. The molecule has 2 aromatic carbocycles. The van der Waals surface area contributed by atoms with Crippen LogP contribution in [-0.4, -0.2) is 32.0 Å². The SMILES string of the molecule is CCN(CC)c1cccc(/C=C2/CC(C)C/C(=C\c3cccc(N(CC)CC)c3)C2=O)c1. The molecule has 1 saturated carbocycles. The summed E-state index contributed by atoms with van der Waals surface area (Å²) in [5, 5.41) is 0. The molecular formula is C29H38N2O. The highest BCUT2D eigenvalue weighted by Crippen LogP contribution is 2.33. The number of carbonyl (C=O) groups excluding carboxylic acids is 1. The second-order valence-corrected chi connectivity index (χ2v) is 8.72. The predicted molar refractivity (Wildman–Crippen MR) is 139 cm³/mol. The van der Waals surface area contributed by atoms with Crippen LogP contribution in [0.4, 0.5) is 11.4 Å². The van der Waals surface area contributed by atoms with Gasteiger partial charge in [-0.05, 0) is 94.0 Å². The normalized spacial score (nSPS) is 18.9. The van der Waals surface area contributed by atoms with Crippen LogP contribution < -0.4 is 9.80 Å². The third kappa shape index (κ3) is 5.70. The Bertz CT molecular complexity index is 903.